The molecule has 3 rings (SSSR count). The van der Waals surface area contributed by atoms with Crippen LogP contribution in [0.15, 0.2) is 47.5 Å². The number of hydrogen-bond acceptors (Lipinski definition) is 2. The molecule has 0 saturated heterocycles. The molecule has 1 aliphatic carbocycles. The Balaban J connectivity index is 1.65. The standard InChI is InChI=1S/C19H22N4O/c1-21-18(24)16-7-2-4-13(10-16)12-22-19(20)23-17-9-8-14-5-3-6-15(14)11-17/h2,4,7-11H,3,5-6,12H2,1H3,(H,21,24)(H3,20,22,23). The first-order valence-electron chi connectivity index (χ1n) is 8.15. The third-order valence-corrected chi connectivity index (χ3v) is 4.22. The second kappa shape index (κ2) is 7.17. The van der Waals surface area contributed by atoms with E-state index >= 15 is 0 Å². The Hall–Kier alpha value is -2.82. The Morgan fingerprint density at radius 3 is 2.83 bits per heavy atom. The van der Waals surface area contributed by atoms with E-state index in [1.54, 1.807) is 13.1 Å². The van der Waals surface area contributed by atoms with Crippen molar-refractivity contribution in [2.45, 2.75) is 25.8 Å². The monoisotopic (exact) mass is 322 g/mol. The van der Waals surface area contributed by atoms with E-state index in [1.165, 1.54) is 24.0 Å². The van der Waals surface area contributed by atoms with E-state index in [9.17, 15) is 4.79 Å². The Kier molecular flexibility index (Phi) is 4.79. The molecule has 0 bridgehead atoms. The number of carbonyl (C=O) groups is 1. The van der Waals surface area contributed by atoms with Crippen molar-refractivity contribution in [3.8, 4) is 0 Å². The quantitative estimate of drug-likeness (QED) is 0.597. The maximum absolute atomic E-state index is 11.7. The van der Waals surface area contributed by atoms with E-state index in [2.05, 4.69) is 27.8 Å². The summed E-state index contributed by atoms with van der Waals surface area (Å²) in [6.45, 7) is 0.425. The summed E-state index contributed by atoms with van der Waals surface area (Å²) < 4.78 is 0. The van der Waals surface area contributed by atoms with Crippen LogP contribution in [0.3, 0.4) is 0 Å². The van der Waals surface area contributed by atoms with Gasteiger partial charge in [-0.25, -0.2) is 4.99 Å². The van der Waals surface area contributed by atoms with Crippen LogP contribution in [0.5, 0.6) is 0 Å². The van der Waals surface area contributed by atoms with Gasteiger partial charge in [0.25, 0.3) is 5.91 Å². The van der Waals surface area contributed by atoms with Crippen molar-refractivity contribution < 1.29 is 4.79 Å². The van der Waals surface area contributed by atoms with Crippen molar-refractivity contribution in [2.24, 2.45) is 10.7 Å². The van der Waals surface area contributed by atoms with Crippen LogP contribution in [-0.2, 0) is 19.4 Å². The molecule has 5 nitrogen and oxygen atoms in total. The first kappa shape index (κ1) is 16.1. The van der Waals surface area contributed by atoms with Gasteiger partial charge in [-0.2, -0.15) is 0 Å². The van der Waals surface area contributed by atoms with Gasteiger partial charge in [0.15, 0.2) is 5.96 Å². The number of anilines is 1. The number of amides is 1. The maximum Gasteiger partial charge on any atom is 0.251 e. The Morgan fingerprint density at radius 2 is 2.00 bits per heavy atom. The second-order valence-corrected chi connectivity index (χ2v) is 5.94. The van der Waals surface area contributed by atoms with Gasteiger partial charge in [0.1, 0.15) is 0 Å². The molecule has 0 unspecified atom stereocenters. The molecular formula is C19H22N4O. The Labute approximate surface area is 142 Å². The SMILES string of the molecule is CNC(=O)c1cccc(CN=C(N)Nc2ccc3c(c2)CCC3)c1. The molecule has 0 spiro atoms. The third kappa shape index (κ3) is 3.74. The molecule has 0 saturated carbocycles. The lowest BCUT2D eigenvalue weighted by Gasteiger charge is -2.08. The summed E-state index contributed by atoms with van der Waals surface area (Å²) in [6.07, 6.45) is 3.53. The van der Waals surface area contributed by atoms with Gasteiger partial charge in [-0.15, -0.1) is 0 Å². The summed E-state index contributed by atoms with van der Waals surface area (Å²) in [6, 6.07) is 13.7. The molecule has 0 aromatic heterocycles. The molecule has 0 heterocycles. The number of benzene rings is 2. The van der Waals surface area contributed by atoms with Crippen LogP contribution in [0.2, 0.25) is 0 Å². The van der Waals surface area contributed by atoms with Crippen LogP contribution in [0, 0.1) is 0 Å². The molecule has 124 valence electrons. The second-order valence-electron chi connectivity index (χ2n) is 5.94. The predicted molar refractivity (Wildman–Crippen MR) is 97.2 cm³/mol. The van der Waals surface area contributed by atoms with Gasteiger partial charge in [-0.1, -0.05) is 18.2 Å². The van der Waals surface area contributed by atoms with E-state index < -0.39 is 0 Å². The van der Waals surface area contributed by atoms with Gasteiger partial charge in [0.05, 0.1) is 6.54 Å². The summed E-state index contributed by atoms with van der Waals surface area (Å²) in [5, 5.41) is 5.75. The Morgan fingerprint density at radius 1 is 1.17 bits per heavy atom. The number of fused-ring (bicyclic) bond motifs is 1. The number of rotatable bonds is 4. The number of aryl methyl sites for hydroxylation is 2. The highest BCUT2D eigenvalue weighted by Gasteiger charge is 2.10. The van der Waals surface area contributed by atoms with E-state index in [0.29, 0.717) is 18.1 Å². The third-order valence-electron chi connectivity index (χ3n) is 4.22. The molecule has 2 aromatic carbocycles. The molecule has 2 aromatic rings. The summed E-state index contributed by atoms with van der Waals surface area (Å²) in [7, 11) is 1.62. The first-order valence-corrected chi connectivity index (χ1v) is 8.15. The highest BCUT2D eigenvalue weighted by Crippen LogP contribution is 2.24. The fourth-order valence-electron chi connectivity index (χ4n) is 2.97. The molecule has 24 heavy (non-hydrogen) atoms. The van der Waals surface area contributed by atoms with Crippen molar-refractivity contribution in [3.05, 3.63) is 64.7 Å². The summed E-state index contributed by atoms with van der Waals surface area (Å²) >= 11 is 0. The minimum Gasteiger partial charge on any atom is -0.370 e. The topological polar surface area (TPSA) is 79.5 Å². The molecule has 1 aliphatic rings. The number of nitrogens with two attached hydrogens (primary N) is 1. The maximum atomic E-state index is 11.7. The predicted octanol–water partition coefficient (Wildman–Crippen LogP) is 2.46. The normalized spacial score (nSPS) is 13.5. The van der Waals surface area contributed by atoms with Crippen molar-refractivity contribution in [3.63, 3.8) is 0 Å². The average molecular weight is 322 g/mol. The molecule has 0 fully saturated rings. The number of carbonyl (C=O) groups excluding carboxylic acids is 1. The van der Waals surface area contributed by atoms with E-state index in [4.69, 9.17) is 5.73 Å². The fraction of sp³-hybridized carbons (Fsp3) is 0.263. The zero-order valence-electron chi connectivity index (χ0n) is 13.8. The average Bonchev–Trinajstić information content (AvgIpc) is 3.07. The molecule has 0 radical (unpaired) electrons. The zero-order chi connectivity index (χ0) is 16.9. The minimum atomic E-state index is -0.106. The number of hydrogen-bond donors (Lipinski definition) is 3. The van der Waals surface area contributed by atoms with Gasteiger partial charge in [0.2, 0.25) is 0 Å². The van der Waals surface area contributed by atoms with Crippen LogP contribution in [0.1, 0.15) is 33.5 Å². The Bertz CT molecular complexity index is 783. The minimum absolute atomic E-state index is 0.106. The highest BCUT2D eigenvalue weighted by molar-refractivity contribution is 5.94. The van der Waals surface area contributed by atoms with Crippen molar-refractivity contribution in [1.29, 1.82) is 0 Å². The lowest BCUT2D eigenvalue weighted by Crippen LogP contribution is -2.22. The lowest BCUT2D eigenvalue weighted by atomic mass is 10.1. The number of guanidine groups is 1. The van der Waals surface area contributed by atoms with Crippen LogP contribution < -0.4 is 16.4 Å². The molecular weight excluding hydrogens is 300 g/mol. The lowest BCUT2D eigenvalue weighted by molar-refractivity contribution is 0.0963. The summed E-state index contributed by atoms with van der Waals surface area (Å²) in [5.41, 5.74) is 11.3. The van der Waals surface area contributed by atoms with Gasteiger partial charge in [-0.3, -0.25) is 4.79 Å². The number of aliphatic imine (C=N–C) groups is 1. The van der Waals surface area contributed by atoms with E-state index in [0.717, 1.165) is 17.7 Å². The molecule has 4 N–H and O–H groups in total. The fourth-order valence-corrected chi connectivity index (χ4v) is 2.97. The van der Waals surface area contributed by atoms with Crippen molar-refractivity contribution >= 4 is 17.6 Å². The summed E-state index contributed by atoms with van der Waals surface area (Å²) in [5.74, 6) is 0.267. The van der Waals surface area contributed by atoms with Gasteiger partial charge in [0, 0.05) is 18.3 Å². The van der Waals surface area contributed by atoms with Gasteiger partial charge < -0.3 is 16.4 Å². The first-order chi connectivity index (χ1) is 11.7. The summed E-state index contributed by atoms with van der Waals surface area (Å²) in [4.78, 5) is 16.0. The highest BCUT2D eigenvalue weighted by atomic mass is 16.1. The van der Waals surface area contributed by atoms with Crippen LogP contribution in [0.4, 0.5) is 5.69 Å². The molecule has 0 atom stereocenters. The molecule has 1 amide bonds. The zero-order valence-corrected chi connectivity index (χ0v) is 13.8. The van der Waals surface area contributed by atoms with Crippen molar-refractivity contribution in [2.75, 3.05) is 12.4 Å². The molecule has 5 heteroatoms. The van der Waals surface area contributed by atoms with Crippen LogP contribution in [-0.4, -0.2) is 18.9 Å². The van der Waals surface area contributed by atoms with Gasteiger partial charge >= 0.3 is 0 Å². The number of nitrogens with one attached hydrogen (secondary N) is 2. The van der Waals surface area contributed by atoms with Crippen molar-refractivity contribution in [1.82, 2.24) is 5.32 Å². The van der Waals surface area contributed by atoms with Crippen LogP contribution >= 0.6 is 0 Å². The smallest absolute Gasteiger partial charge is 0.251 e. The number of nitrogens with zero attached hydrogens (tertiary/aromatic N) is 1. The largest absolute Gasteiger partial charge is 0.370 e. The van der Waals surface area contributed by atoms with E-state index in [-0.39, 0.29) is 5.91 Å². The molecule has 0 aliphatic heterocycles. The van der Waals surface area contributed by atoms with Crippen LogP contribution in [0.25, 0.3) is 0 Å². The van der Waals surface area contributed by atoms with Gasteiger partial charge in [-0.05, 0) is 60.2 Å². The van der Waals surface area contributed by atoms with E-state index in [1.807, 2.05) is 24.3 Å².